The molecule has 2 rings (SSSR count). The summed E-state index contributed by atoms with van der Waals surface area (Å²) in [6, 6.07) is 20.3. The fraction of sp³-hybridized carbons (Fsp3) is 0.381. The van der Waals surface area contributed by atoms with E-state index < -0.39 is 0 Å². The fourth-order valence-electron chi connectivity index (χ4n) is 2.85. The lowest BCUT2D eigenvalue weighted by Gasteiger charge is -2.19. The maximum absolute atomic E-state index is 12.3. The first kappa shape index (κ1) is 18.2. The van der Waals surface area contributed by atoms with Crippen LogP contribution in [0.3, 0.4) is 0 Å². The minimum Gasteiger partial charge on any atom is -0.464 e. The molecule has 0 spiro atoms. The largest absolute Gasteiger partial charge is 0.464 e. The first-order valence-corrected chi connectivity index (χ1v) is 8.72. The van der Waals surface area contributed by atoms with Gasteiger partial charge in [-0.3, -0.25) is 4.79 Å². The van der Waals surface area contributed by atoms with Crippen molar-refractivity contribution in [2.24, 2.45) is 0 Å². The van der Waals surface area contributed by atoms with E-state index in [1.807, 2.05) is 36.4 Å². The van der Waals surface area contributed by atoms with Crippen molar-refractivity contribution in [2.75, 3.05) is 26.2 Å². The Balaban J connectivity index is 2.00. The number of hydrogen-bond acceptors (Lipinski definition) is 3. The quantitative estimate of drug-likeness (QED) is 0.650. The summed E-state index contributed by atoms with van der Waals surface area (Å²) in [6.07, 6.45) is 0.367. The van der Waals surface area contributed by atoms with E-state index in [-0.39, 0.29) is 11.9 Å². The molecule has 0 saturated heterocycles. The topological polar surface area (TPSA) is 29.5 Å². The summed E-state index contributed by atoms with van der Waals surface area (Å²) in [5.74, 6) is -0.104. The number of carbonyl (C=O) groups is 1. The molecule has 0 aliphatic heterocycles. The standard InChI is InChI=1S/C21H27NO2/c1-3-22(4-2)15-16-24-21(23)17-20(18-11-7-5-8-12-18)19-13-9-6-10-14-19/h5-14,20H,3-4,15-17H2,1-2H3. The fourth-order valence-corrected chi connectivity index (χ4v) is 2.85. The predicted molar refractivity (Wildman–Crippen MR) is 98.1 cm³/mol. The van der Waals surface area contributed by atoms with Gasteiger partial charge in [-0.1, -0.05) is 74.5 Å². The second-order valence-corrected chi connectivity index (χ2v) is 5.83. The molecule has 3 heteroatoms. The Hall–Kier alpha value is -2.13. The number of hydrogen-bond donors (Lipinski definition) is 0. The number of nitrogens with zero attached hydrogens (tertiary/aromatic N) is 1. The molecule has 128 valence electrons. The molecular weight excluding hydrogens is 298 g/mol. The number of esters is 1. The number of rotatable bonds is 9. The maximum Gasteiger partial charge on any atom is 0.306 e. The minimum atomic E-state index is -0.139. The summed E-state index contributed by atoms with van der Waals surface area (Å²) in [5, 5.41) is 0. The Bertz CT molecular complexity index is 554. The van der Waals surface area contributed by atoms with Crippen molar-refractivity contribution in [1.82, 2.24) is 4.90 Å². The molecule has 0 saturated carbocycles. The van der Waals surface area contributed by atoms with Crippen LogP contribution in [-0.4, -0.2) is 37.1 Å². The van der Waals surface area contributed by atoms with Crippen molar-refractivity contribution in [3.05, 3.63) is 71.8 Å². The van der Waals surface area contributed by atoms with Gasteiger partial charge in [-0.25, -0.2) is 0 Å². The Morgan fingerprint density at radius 2 is 1.42 bits per heavy atom. The van der Waals surface area contributed by atoms with Crippen LogP contribution in [-0.2, 0) is 9.53 Å². The third-order valence-electron chi connectivity index (χ3n) is 4.34. The van der Waals surface area contributed by atoms with E-state index in [1.165, 1.54) is 0 Å². The maximum atomic E-state index is 12.3. The Kier molecular flexibility index (Phi) is 7.50. The molecule has 24 heavy (non-hydrogen) atoms. The summed E-state index contributed by atoms with van der Waals surface area (Å²) < 4.78 is 5.47. The second-order valence-electron chi connectivity index (χ2n) is 5.83. The molecular formula is C21H27NO2. The lowest BCUT2D eigenvalue weighted by molar-refractivity contribution is -0.144. The van der Waals surface area contributed by atoms with Crippen LogP contribution in [0.4, 0.5) is 0 Å². The van der Waals surface area contributed by atoms with Gasteiger partial charge in [-0.15, -0.1) is 0 Å². The van der Waals surface area contributed by atoms with Crippen molar-refractivity contribution < 1.29 is 9.53 Å². The molecule has 0 amide bonds. The number of carbonyl (C=O) groups excluding carboxylic acids is 1. The first-order valence-electron chi connectivity index (χ1n) is 8.72. The van der Waals surface area contributed by atoms with E-state index in [0.29, 0.717) is 13.0 Å². The normalized spacial score (nSPS) is 11.0. The van der Waals surface area contributed by atoms with Gasteiger partial charge in [0.25, 0.3) is 0 Å². The van der Waals surface area contributed by atoms with E-state index in [0.717, 1.165) is 30.8 Å². The van der Waals surface area contributed by atoms with Crippen LogP contribution in [0.1, 0.15) is 37.3 Å². The van der Waals surface area contributed by atoms with Gasteiger partial charge in [0.05, 0.1) is 6.42 Å². The van der Waals surface area contributed by atoms with Crippen LogP contribution in [0.15, 0.2) is 60.7 Å². The Morgan fingerprint density at radius 3 is 1.88 bits per heavy atom. The molecule has 0 heterocycles. The monoisotopic (exact) mass is 325 g/mol. The number of ether oxygens (including phenoxy) is 1. The molecule has 3 nitrogen and oxygen atoms in total. The van der Waals surface area contributed by atoms with E-state index >= 15 is 0 Å². The zero-order chi connectivity index (χ0) is 17.2. The molecule has 2 aromatic carbocycles. The average molecular weight is 325 g/mol. The summed E-state index contributed by atoms with van der Waals surface area (Å²) >= 11 is 0. The molecule has 2 aromatic rings. The Labute approximate surface area is 145 Å². The van der Waals surface area contributed by atoms with Crippen molar-refractivity contribution >= 4 is 5.97 Å². The van der Waals surface area contributed by atoms with Crippen LogP contribution in [0.5, 0.6) is 0 Å². The van der Waals surface area contributed by atoms with E-state index in [2.05, 4.69) is 43.0 Å². The molecule has 0 radical (unpaired) electrons. The van der Waals surface area contributed by atoms with Crippen LogP contribution >= 0.6 is 0 Å². The summed E-state index contributed by atoms with van der Waals surface area (Å²) in [5.41, 5.74) is 2.29. The predicted octanol–water partition coefficient (Wildman–Crippen LogP) is 4.09. The van der Waals surface area contributed by atoms with Crippen molar-refractivity contribution in [2.45, 2.75) is 26.2 Å². The van der Waals surface area contributed by atoms with Gasteiger partial charge in [-0.05, 0) is 24.2 Å². The highest BCUT2D eigenvalue weighted by atomic mass is 16.5. The van der Waals surface area contributed by atoms with E-state index in [9.17, 15) is 4.79 Å². The second kappa shape index (κ2) is 9.89. The molecule has 0 N–H and O–H groups in total. The van der Waals surface area contributed by atoms with Gasteiger partial charge >= 0.3 is 5.97 Å². The molecule has 0 atom stereocenters. The van der Waals surface area contributed by atoms with Gasteiger partial charge in [-0.2, -0.15) is 0 Å². The zero-order valence-corrected chi connectivity index (χ0v) is 14.7. The van der Waals surface area contributed by atoms with Gasteiger partial charge in [0.1, 0.15) is 6.61 Å². The van der Waals surface area contributed by atoms with Gasteiger partial charge in [0, 0.05) is 12.5 Å². The zero-order valence-electron chi connectivity index (χ0n) is 14.7. The number of benzene rings is 2. The average Bonchev–Trinajstić information content (AvgIpc) is 2.65. The first-order chi connectivity index (χ1) is 11.7. The number of likely N-dealkylation sites (N-methyl/N-ethyl adjacent to an activating group) is 1. The summed E-state index contributed by atoms with van der Waals surface area (Å²) in [7, 11) is 0. The van der Waals surface area contributed by atoms with Gasteiger partial charge in [0.2, 0.25) is 0 Å². The molecule has 0 unspecified atom stereocenters. The molecule has 0 aliphatic carbocycles. The van der Waals surface area contributed by atoms with E-state index in [1.54, 1.807) is 0 Å². The highest BCUT2D eigenvalue weighted by Gasteiger charge is 2.19. The Morgan fingerprint density at radius 1 is 0.917 bits per heavy atom. The lowest BCUT2D eigenvalue weighted by atomic mass is 9.89. The molecule has 0 aromatic heterocycles. The highest BCUT2D eigenvalue weighted by Crippen LogP contribution is 2.28. The van der Waals surface area contributed by atoms with Gasteiger partial charge in [0.15, 0.2) is 0 Å². The summed E-state index contributed by atoms with van der Waals surface area (Å²) in [6.45, 7) is 7.44. The SMILES string of the molecule is CCN(CC)CCOC(=O)CC(c1ccccc1)c1ccccc1. The van der Waals surface area contributed by atoms with Crippen LogP contribution in [0.2, 0.25) is 0 Å². The lowest BCUT2D eigenvalue weighted by Crippen LogP contribution is -2.28. The van der Waals surface area contributed by atoms with Crippen LogP contribution in [0.25, 0.3) is 0 Å². The molecule has 0 bridgehead atoms. The molecule has 0 fully saturated rings. The van der Waals surface area contributed by atoms with Crippen molar-refractivity contribution in [1.29, 1.82) is 0 Å². The van der Waals surface area contributed by atoms with Crippen LogP contribution < -0.4 is 0 Å². The summed E-state index contributed by atoms with van der Waals surface area (Å²) in [4.78, 5) is 14.6. The van der Waals surface area contributed by atoms with Crippen LogP contribution in [0, 0.1) is 0 Å². The van der Waals surface area contributed by atoms with E-state index in [4.69, 9.17) is 4.74 Å². The minimum absolute atomic E-state index is 0.0355. The highest BCUT2D eigenvalue weighted by molar-refractivity contribution is 5.71. The third-order valence-corrected chi connectivity index (χ3v) is 4.34. The molecule has 0 aliphatic rings. The van der Waals surface area contributed by atoms with Crippen molar-refractivity contribution in [3.8, 4) is 0 Å². The third kappa shape index (κ3) is 5.50. The van der Waals surface area contributed by atoms with Gasteiger partial charge < -0.3 is 9.64 Å². The smallest absolute Gasteiger partial charge is 0.306 e. The van der Waals surface area contributed by atoms with Crippen molar-refractivity contribution in [3.63, 3.8) is 0 Å².